The first kappa shape index (κ1) is 11.3. The summed E-state index contributed by atoms with van der Waals surface area (Å²) in [4.78, 5) is 19.8. The lowest BCUT2D eigenvalue weighted by Gasteiger charge is -2.10. The second kappa shape index (κ2) is 4.48. The topological polar surface area (TPSA) is 68.3 Å². The Morgan fingerprint density at radius 3 is 2.94 bits per heavy atom. The third kappa shape index (κ3) is 1.79. The van der Waals surface area contributed by atoms with Crippen molar-refractivity contribution in [2.45, 2.75) is 32.6 Å². The van der Waals surface area contributed by atoms with Crippen molar-refractivity contribution < 1.29 is 9.32 Å². The van der Waals surface area contributed by atoms with Crippen molar-refractivity contribution in [1.82, 2.24) is 10.1 Å². The van der Waals surface area contributed by atoms with Gasteiger partial charge in [0, 0.05) is 4.88 Å². The highest BCUT2D eigenvalue weighted by atomic mass is 32.1. The summed E-state index contributed by atoms with van der Waals surface area (Å²) in [5, 5.41) is 4.44. The van der Waals surface area contributed by atoms with Crippen LogP contribution in [0.15, 0.2) is 9.52 Å². The number of isocyanates is 1. The van der Waals surface area contributed by atoms with E-state index in [0.29, 0.717) is 16.7 Å². The highest BCUT2D eigenvalue weighted by molar-refractivity contribution is 7.16. The molecular weight excluding hydrogens is 250 g/mol. The van der Waals surface area contributed by atoms with Crippen LogP contribution in [0.5, 0.6) is 0 Å². The maximum Gasteiger partial charge on any atom is 0.261 e. The number of aryl methyl sites for hydroxylation is 2. The van der Waals surface area contributed by atoms with Crippen molar-refractivity contribution in [3.05, 3.63) is 16.3 Å². The number of nitrogens with zero attached hydrogens (tertiary/aromatic N) is 3. The number of hydrogen-bond acceptors (Lipinski definition) is 6. The van der Waals surface area contributed by atoms with Crippen LogP contribution in [0.4, 0.5) is 5.00 Å². The molecule has 2 heterocycles. The lowest BCUT2D eigenvalue weighted by Crippen LogP contribution is -1.99. The van der Waals surface area contributed by atoms with E-state index in [2.05, 4.69) is 15.1 Å². The molecule has 1 aliphatic carbocycles. The molecule has 0 fully saturated rings. The average Bonchev–Trinajstić information content (AvgIpc) is 2.92. The first-order chi connectivity index (χ1) is 8.79. The van der Waals surface area contributed by atoms with E-state index in [1.807, 2.05) is 0 Å². The minimum absolute atomic E-state index is 0.459. The van der Waals surface area contributed by atoms with Crippen molar-refractivity contribution in [3.8, 4) is 11.5 Å². The lowest BCUT2D eigenvalue weighted by atomic mass is 9.95. The molecule has 0 aliphatic heterocycles. The Morgan fingerprint density at radius 2 is 2.22 bits per heavy atom. The second-order valence-corrected chi connectivity index (χ2v) is 5.32. The molecule has 2 aromatic heterocycles. The summed E-state index contributed by atoms with van der Waals surface area (Å²) in [6.07, 6.45) is 5.95. The van der Waals surface area contributed by atoms with Crippen molar-refractivity contribution in [2.24, 2.45) is 4.99 Å². The van der Waals surface area contributed by atoms with E-state index in [1.54, 1.807) is 13.0 Å². The van der Waals surface area contributed by atoms with Gasteiger partial charge < -0.3 is 4.52 Å². The smallest absolute Gasteiger partial charge is 0.261 e. The monoisotopic (exact) mass is 261 g/mol. The van der Waals surface area contributed by atoms with Gasteiger partial charge in [-0.25, -0.2) is 4.79 Å². The summed E-state index contributed by atoms with van der Waals surface area (Å²) < 4.78 is 5.22. The quantitative estimate of drug-likeness (QED) is 0.615. The summed E-state index contributed by atoms with van der Waals surface area (Å²) in [5.74, 6) is 1.04. The van der Waals surface area contributed by atoms with Crippen LogP contribution in [0.25, 0.3) is 11.5 Å². The van der Waals surface area contributed by atoms with Crippen LogP contribution in [-0.2, 0) is 17.6 Å². The van der Waals surface area contributed by atoms with Gasteiger partial charge >= 0.3 is 0 Å². The molecule has 0 aromatic carbocycles. The first-order valence-corrected chi connectivity index (χ1v) is 6.64. The minimum atomic E-state index is 0.459. The molecule has 3 rings (SSSR count). The SMILES string of the molecule is Cc1noc(-c2c(N=C=O)sc3c2CCCC3)n1. The van der Waals surface area contributed by atoms with Gasteiger partial charge in [-0.05, 0) is 38.2 Å². The average molecular weight is 261 g/mol. The van der Waals surface area contributed by atoms with E-state index < -0.39 is 0 Å². The van der Waals surface area contributed by atoms with Gasteiger partial charge in [-0.15, -0.1) is 11.3 Å². The summed E-state index contributed by atoms with van der Waals surface area (Å²) in [7, 11) is 0. The normalized spacial score (nSPS) is 14.1. The van der Waals surface area contributed by atoms with Crippen molar-refractivity contribution in [1.29, 1.82) is 0 Å². The number of aliphatic imine (C=N–C) groups is 1. The van der Waals surface area contributed by atoms with Gasteiger partial charge in [-0.1, -0.05) is 5.16 Å². The van der Waals surface area contributed by atoms with Gasteiger partial charge in [-0.3, -0.25) is 0 Å². The van der Waals surface area contributed by atoms with Gasteiger partial charge in [0.05, 0.1) is 5.56 Å². The summed E-state index contributed by atoms with van der Waals surface area (Å²) in [6, 6.07) is 0. The zero-order valence-corrected chi connectivity index (χ0v) is 10.7. The number of carbonyl (C=O) groups excluding carboxylic acids is 1. The van der Waals surface area contributed by atoms with Gasteiger partial charge in [0.25, 0.3) is 5.89 Å². The van der Waals surface area contributed by atoms with E-state index in [-0.39, 0.29) is 0 Å². The largest absolute Gasteiger partial charge is 0.334 e. The third-order valence-corrected chi connectivity index (χ3v) is 4.23. The number of hydrogen-bond donors (Lipinski definition) is 0. The maximum atomic E-state index is 10.5. The van der Waals surface area contributed by atoms with Crippen molar-refractivity contribution >= 4 is 22.4 Å². The number of fused-ring (bicyclic) bond motifs is 1. The molecule has 0 saturated heterocycles. The van der Waals surface area contributed by atoms with Crippen LogP contribution >= 0.6 is 11.3 Å². The second-order valence-electron chi connectivity index (χ2n) is 4.24. The molecule has 0 radical (unpaired) electrons. The zero-order chi connectivity index (χ0) is 12.5. The van der Waals surface area contributed by atoms with Crippen LogP contribution in [0, 0.1) is 6.92 Å². The minimum Gasteiger partial charge on any atom is -0.334 e. The molecule has 1 aliphatic rings. The molecule has 0 amide bonds. The molecule has 0 atom stereocenters. The molecule has 92 valence electrons. The Kier molecular flexibility index (Phi) is 2.81. The van der Waals surface area contributed by atoms with Gasteiger partial charge in [-0.2, -0.15) is 9.98 Å². The van der Waals surface area contributed by atoms with Crippen LogP contribution in [-0.4, -0.2) is 16.2 Å². The number of rotatable bonds is 2. The Balaban J connectivity index is 2.21. The van der Waals surface area contributed by atoms with Crippen molar-refractivity contribution in [2.75, 3.05) is 0 Å². The van der Waals surface area contributed by atoms with Gasteiger partial charge in [0.2, 0.25) is 6.08 Å². The molecule has 5 nitrogen and oxygen atoms in total. The highest BCUT2D eigenvalue weighted by Gasteiger charge is 2.25. The fourth-order valence-electron chi connectivity index (χ4n) is 2.29. The first-order valence-electron chi connectivity index (χ1n) is 5.82. The summed E-state index contributed by atoms with van der Waals surface area (Å²) in [5.41, 5.74) is 2.04. The molecule has 2 aromatic rings. The fraction of sp³-hybridized carbons (Fsp3) is 0.417. The molecule has 0 N–H and O–H groups in total. The molecule has 0 spiro atoms. The fourth-order valence-corrected chi connectivity index (χ4v) is 3.49. The summed E-state index contributed by atoms with van der Waals surface area (Å²) >= 11 is 1.53. The predicted octanol–water partition coefficient (Wildman–Crippen LogP) is 2.95. The Bertz CT molecular complexity index is 638. The molecule has 0 unspecified atom stereocenters. The van der Waals surface area contributed by atoms with E-state index in [0.717, 1.165) is 24.8 Å². The molecule has 18 heavy (non-hydrogen) atoms. The Hall–Kier alpha value is -1.78. The molecule has 6 heteroatoms. The molecule has 0 bridgehead atoms. The van der Waals surface area contributed by atoms with E-state index in [4.69, 9.17) is 4.52 Å². The van der Waals surface area contributed by atoms with E-state index in [1.165, 1.54) is 28.2 Å². The third-order valence-electron chi connectivity index (χ3n) is 3.04. The van der Waals surface area contributed by atoms with E-state index >= 15 is 0 Å². The zero-order valence-electron chi connectivity index (χ0n) is 9.89. The Morgan fingerprint density at radius 1 is 1.39 bits per heavy atom. The highest BCUT2D eigenvalue weighted by Crippen LogP contribution is 2.44. The van der Waals surface area contributed by atoms with Crippen LogP contribution in [0.3, 0.4) is 0 Å². The predicted molar refractivity (Wildman–Crippen MR) is 66.8 cm³/mol. The van der Waals surface area contributed by atoms with Crippen LogP contribution < -0.4 is 0 Å². The van der Waals surface area contributed by atoms with Gasteiger partial charge in [0.15, 0.2) is 5.82 Å². The summed E-state index contributed by atoms with van der Waals surface area (Å²) in [6.45, 7) is 1.77. The Labute approximate surface area is 108 Å². The molecule has 0 saturated carbocycles. The van der Waals surface area contributed by atoms with Crippen LogP contribution in [0.1, 0.15) is 29.1 Å². The maximum absolute atomic E-state index is 10.5. The van der Waals surface area contributed by atoms with Crippen molar-refractivity contribution in [3.63, 3.8) is 0 Å². The standard InChI is InChI=1S/C12H11N3O2S/c1-7-14-11(17-15-7)10-8-4-2-3-5-9(8)18-12(10)13-6-16/h2-5H2,1H3. The van der Waals surface area contributed by atoms with Gasteiger partial charge in [0.1, 0.15) is 5.00 Å². The number of aromatic nitrogens is 2. The lowest BCUT2D eigenvalue weighted by molar-refractivity contribution is 0.425. The molecular formula is C12H11N3O2S. The van der Waals surface area contributed by atoms with E-state index in [9.17, 15) is 4.79 Å². The van der Waals surface area contributed by atoms with Crippen LogP contribution in [0.2, 0.25) is 0 Å². The number of thiophene rings is 1.